The average Bonchev–Trinajstić information content (AvgIpc) is 2.60. The molecule has 0 aromatic heterocycles. The molecule has 0 saturated heterocycles. The molecule has 0 amide bonds. The van der Waals surface area contributed by atoms with E-state index in [1.807, 2.05) is 42.5 Å². The molecule has 0 N–H and O–H groups in total. The summed E-state index contributed by atoms with van der Waals surface area (Å²) in [6.45, 7) is 0. The Morgan fingerprint density at radius 2 is 1.79 bits per heavy atom. The van der Waals surface area contributed by atoms with Crippen LogP contribution in [0.25, 0.3) is 0 Å². The fraction of sp³-hybridized carbons (Fsp3) is 0.0909. The molecule has 0 heterocycles. The SMILES string of the molecule is [Cl-].[S-]C1=CC=CC1.[Zr+3].[c-]1ccccc1. The zero-order valence-electron chi connectivity index (χ0n) is 7.61. The molecule has 0 aliphatic heterocycles. The largest absolute Gasteiger partial charge is 3.00 e. The summed E-state index contributed by atoms with van der Waals surface area (Å²) in [5.74, 6) is 0. The fourth-order valence-corrected chi connectivity index (χ4v) is 0.944. The van der Waals surface area contributed by atoms with Gasteiger partial charge >= 0.3 is 26.2 Å². The number of hydrogen-bond donors (Lipinski definition) is 0. The maximum atomic E-state index is 4.80. The Labute approximate surface area is 116 Å². The number of rotatable bonds is 0. The van der Waals surface area contributed by atoms with E-state index in [1.54, 1.807) is 0 Å². The second-order valence-corrected chi connectivity index (χ2v) is 2.87. The van der Waals surface area contributed by atoms with Crippen molar-refractivity contribution < 1.29 is 38.6 Å². The van der Waals surface area contributed by atoms with E-state index in [1.165, 1.54) is 0 Å². The van der Waals surface area contributed by atoms with Crippen molar-refractivity contribution in [2.75, 3.05) is 0 Å². The zero-order valence-corrected chi connectivity index (χ0v) is 11.6. The first kappa shape index (κ1) is 16.5. The second kappa shape index (κ2) is 11.2. The molecule has 1 radical (unpaired) electrons. The molecule has 0 spiro atoms. The van der Waals surface area contributed by atoms with Crippen LogP contribution in [0, 0.1) is 6.07 Å². The molecule has 2 rings (SSSR count). The summed E-state index contributed by atoms with van der Waals surface area (Å²) in [4.78, 5) is 1.05. The van der Waals surface area contributed by atoms with Crippen molar-refractivity contribution in [3.63, 3.8) is 0 Å². The number of halogens is 1. The molecule has 1 aliphatic carbocycles. The van der Waals surface area contributed by atoms with Gasteiger partial charge in [-0.2, -0.15) is 41.3 Å². The predicted molar refractivity (Wildman–Crippen MR) is 54.5 cm³/mol. The van der Waals surface area contributed by atoms with Crippen LogP contribution in [0.4, 0.5) is 0 Å². The maximum absolute atomic E-state index is 4.80. The van der Waals surface area contributed by atoms with Crippen LogP contribution in [0.15, 0.2) is 53.5 Å². The Bertz CT molecular complexity index is 243. The molecular weight excluding hydrogens is 291 g/mol. The predicted octanol–water partition coefficient (Wildman–Crippen LogP) is -0.135. The molecule has 0 atom stereocenters. The van der Waals surface area contributed by atoms with E-state index in [2.05, 4.69) is 12.1 Å². The van der Waals surface area contributed by atoms with Crippen molar-refractivity contribution in [3.05, 3.63) is 59.5 Å². The Balaban J connectivity index is 0. The molecule has 1 aliphatic rings. The van der Waals surface area contributed by atoms with E-state index in [-0.39, 0.29) is 38.6 Å². The van der Waals surface area contributed by atoms with Gasteiger partial charge in [0.15, 0.2) is 0 Å². The summed E-state index contributed by atoms with van der Waals surface area (Å²) >= 11 is 4.80. The monoisotopic (exact) mass is 299 g/mol. The van der Waals surface area contributed by atoms with Crippen LogP contribution in [-0.4, -0.2) is 0 Å². The van der Waals surface area contributed by atoms with Crippen molar-refractivity contribution in [1.82, 2.24) is 0 Å². The van der Waals surface area contributed by atoms with Gasteiger partial charge < -0.3 is 25.0 Å². The first-order valence-electron chi connectivity index (χ1n) is 3.83. The van der Waals surface area contributed by atoms with Gasteiger partial charge in [0.1, 0.15) is 0 Å². The molecule has 0 fully saturated rings. The van der Waals surface area contributed by atoms with Crippen LogP contribution in [0.1, 0.15) is 6.42 Å². The van der Waals surface area contributed by atoms with Gasteiger partial charge in [-0.25, -0.2) is 0 Å². The molecule has 1 aromatic rings. The molecule has 0 nitrogen and oxygen atoms in total. The molecule has 0 saturated carbocycles. The summed E-state index contributed by atoms with van der Waals surface area (Å²) in [6.07, 6.45) is 6.98. The van der Waals surface area contributed by atoms with E-state index in [9.17, 15) is 0 Å². The normalized spacial score (nSPS) is 11.3. The van der Waals surface area contributed by atoms with Gasteiger partial charge in [0.25, 0.3) is 0 Å². The minimum absolute atomic E-state index is 0. The summed E-state index contributed by atoms with van der Waals surface area (Å²) in [6, 6.07) is 12.5. The van der Waals surface area contributed by atoms with Gasteiger partial charge in [-0.15, -0.1) is 0 Å². The van der Waals surface area contributed by atoms with Crippen molar-refractivity contribution in [1.29, 1.82) is 0 Å². The quantitative estimate of drug-likeness (QED) is 0.475. The first-order valence-corrected chi connectivity index (χ1v) is 4.24. The van der Waals surface area contributed by atoms with Gasteiger partial charge in [0.2, 0.25) is 0 Å². The van der Waals surface area contributed by atoms with E-state index in [0.29, 0.717) is 0 Å². The van der Waals surface area contributed by atoms with Crippen LogP contribution in [0.5, 0.6) is 0 Å². The molecule has 0 bridgehead atoms. The topological polar surface area (TPSA) is 0 Å². The Morgan fingerprint density at radius 3 is 1.93 bits per heavy atom. The third kappa shape index (κ3) is 8.68. The summed E-state index contributed by atoms with van der Waals surface area (Å²) in [7, 11) is 0. The van der Waals surface area contributed by atoms with Crippen molar-refractivity contribution in [2.45, 2.75) is 6.42 Å². The Hall–Kier alpha value is 0.0931. The van der Waals surface area contributed by atoms with Crippen molar-refractivity contribution in [2.24, 2.45) is 0 Å². The minimum atomic E-state index is 0. The maximum Gasteiger partial charge on any atom is 3.00 e. The van der Waals surface area contributed by atoms with E-state index >= 15 is 0 Å². The van der Waals surface area contributed by atoms with Gasteiger partial charge in [-0.1, -0.05) is 18.2 Å². The van der Waals surface area contributed by atoms with Gasteiger partial charge in [0, 0.05) is 0 Å². The summed E-state index contributed by atoms with van der Waals surface area (Å²) in [5, 5.41) is 0. The number of hydrogen-bond acceptors (Lipinski definition) is 1. The van der Waals surface area contributed by atoms with Gasteiger partial charge in [-0.05, 0) is 6.42 Å². The zero-order chi connectivity index (χ0) is 8.65. The van der Waals surface area contributed by atoms with Crippen molar-refractivity contribution >= 4 is 12.6 Å². The molecule has 0 unspecified atom stereocenters. The van der Waals surface area contributed by atoms with Gasteiger partial charge in [-0.3, -0.25) is 0 Å². The standard InChI is InChI=1S/C6H5.C5H6S.ClH.Zr/c1-2-4-6-5-3-1;6-5-3-1-2-4-5;;/h1-5H;1-3,6H,4H2;1H;/q-1;;;+3/p-2. The molecule has 3 heteroatoms. The van der Waals surface area contributed by atoms with E-state index < -0.39 is 0 Å². The van der Waals surface area contributed by atoms with Crippen LogP contribution < -0.4 is 12.4 Å². The molecule has 71 valence electrons. The third-order valence-electron chi connectivity index (χ3n) is 1.34. The minimum Gasteiger partial charge on any atom is -1.00 e. The van der Waals surface area contributed by atoms with Crippen LogP contribution in [0.3, 0.4) is 0 Å². The first-order chi connectivity index (χ1) is 5.89. The Morgan fingerprint density at radius 1 is 1.14 bits per heavy atom. The Kier molecular flexibility index (Phi) is 13.2. The second-order valence-electron chi connectivity index (χ2n) is 2.34. The average molecular weight is 301 g/mol. The molecule has 14 heavy (non-hydrogen) atoms. The number of benzene rings is 1. The summed E-state index contributed by atoms with van der Waals surface area (Å²) in [5.41, 5.74) is 0. The van der Waals surface area contributed by atoms with E-state index in [0.717, 1.165) is 11.3 Å². The molecular formula is C11H10ClSZr. The summed E-state index contributed by atoms with van der Waals surface area (Å²) < 4.78 is 0. The van der Waals surface area contributed by atoms with Crippen molar-refractivity contribution in [3.8, 4) is 0 Å². The smallest absolute Gasteiger partial charge is 1.00 e. The van der Waals surface area contributed by atoms with Gasteiger partial charge in [0.05, 0.1) is 0 Å². The van der Waals surface area contributed by atoms with Crippen LogP contribution in [-0.2, 0) is 38.8 Å². The fourth-order valence-electron chi connectivity index (χ4n) is 0.770. The number of allylic oxidation sites excluding steroid dienone is 4. The molecule has 1 aromatic carbocycles. The third-order valence-corrected chi connectivity index (χ3v) is 1.65. The van der Waals surface area contributed by atoms with E-state index in [4.69, 9.17) is 12.6 Å². The van der Waals surface area contributed by atoms with Crippen LogP contribution >= 0.6 is 0 Å². The van der Waals surface area contributed by atoms with Crippen LogP contribution in [0.2, 0.25) is 0 Å².